The number of aryl methyl sites for hydroxylation is 1. The average molecular weight is 427 g/mol. The van der Waals surface area contributed by atoms with Crippen molar-refractivity contribution in [3.8, 4) is 11.5 Å². The summed E-state index contributed by atoms with van der Waals surface area (Å²) in [6, 6.07) is 27.9. The zero-order chi connectivity index (χ0) is 21.2. The second kappa shape index (κ2) is 8.24. The van der Waals surface area contributed by atoms with Crippen LogP contribution in [0.15, 0.2) is 97.3 Å². The smallest absolute Gasteiger partial charge is 0.174 e. The minimum atomic E-state index is -0.0532. The predicted molar refractivity (Wildman–Crippen MR) is 126 cm³/mol. The number of rotatable bonds is 5. The van der Waals surface area contributed by atoms with Gasteiger partial charge in [0.15, 0.2) is 5.11 Å². The fourth-order valence-electron chi connectivity index (χ4n) is 4.01. The zero-order valence-electron chi connectivity index (χ0n) is 17.1. The van der Waals surface area contributed by atoms with Crippen LogP contribution in [0, 0.1) is 0 Å². The van der Waals surface area contributed by atoms with Crippen molar-refractivity contribution < 1.29 is 4.74 Å². The topological polar surface area (TPSA) is 42.3 Å². The Morgan fingerprint density at radius 2 is 1.61 bits per heavy atom. The van der Waals surface area contributed by atoms with E-state index in [1.807, 2.05) is 79.0 Å². The van der Waals surface area contributed by atoms with Gasteiger partial charge in [-0.15, -0.1) is 0 Å². The molecule has 5 rings (SSSR count). The van der Waals surface area contributed by atoms with Crippen LogP contribution in [0.5, 0.6) is 11.5 Å². The van der Waals surface area contributed by atoms with Gasteiger partial charge in [0.2, 0.25) is 0 Å². The highest BCUT2D eigenvalue weighted by atomic mass is 32.1. The molecular weight excluding hydrogens is 404 g/mol. The van der Waals surface area contributed by atoms with E-state index in [4.69, 9.17) is 17.0 Å². The summed E-state index contributed by atoms with van der Waals surface area (Å²) in [6.07, 6.45) is 3.88. The number of nitrogens with one attached hydrogen (secondary N) is 1. The molecule has 5 nitrogen and oxygen atoms in total. The molecule has 1 aliphatic heterocycles. The van der Waals surface area contributed by atoms with Crippen LogP contribution < -0.4 is 15.0 Å². The monoisotopic (exact) mass is 426 g/mol. The lowest BCUT2D eigenvalue weighted by Gasteiger charge is -2.28. The van der Waals surface area contributed by atoms with Gasteiger partial charge in [0.1, 0.15) is 17.5 Å². The van der Waals surface area contributed by atoms with E-state index in [1.165, 1.54) is 0 Å². The minimum Gasteiger partial charge on any atom is -0.457 e. The molecule has 1 aliphatic rings. The molecule has 2 atom stereocenters. The number of aromatic nitrogens is 2. The van der Waals surface area contributed by atoms with Crippen LogP contribution in [-0.2, 0) is 7.05 Å². The van der Waals surface area contributed by atoms with Gasteiger partial charge in [0.25, 0.3) is 0 Å². The molecule has 154 valence electrons. The van der Waals surface area contributed by atoms with Crippen molar-refractivity contribution >= 4 is 23.0 Å². The van der Waals surface area contributed by atoms with Crippen LogP contribution in [-0.4, -0.2) is 14.7 Å². The molecule has 1 saturated heterocycles. The Labute approximate surface area is 186 Å². The molecule has 2 aromatic carbocycles. The van der Waals surface area contributed by atoms with E-state index in [-0.39, 0.29) is 12.1 Å². The van der Waals surface area contributed by atoms with Crippen molar-refractivity contribution in [3.05, 3.63) is 109 Å². The summed E-state index contributed by atoms with van der Waals surface area (Å²) in [5, 5.41) is 4.17. The molecule has 0 saturated carbocycles. The molecule has 0 bridgehead atoms. The van der Waals surface area contributed by atoms with Gasteiger partial charge in [-0.25, -0.2) is 0 Å². The maximum atomic E-state index is 5.95. The first-order valence-corrected chi connectivity index (χ1v) is 10.6. The van der Waals surface area contributed by atoms with Crippen molar-refractivity contribution in [1.82, 2.24) is 14.9 Å². The molecule has 2 aromatic heterocycles. The number of nitrogens with zero attached hydrogens (tertiary/aromatic N) is 3. The zero-order valence-corrected chi connectivity index (χ0v) is 17.9. The molecule has 4 aromatic rings. The first-order valence-electron chi connectivity index (χ1n) is 10.2. The van der Waals surface area contributed by atoms with E-state index in [1.54, 1.807) is 0 Å². The van der Waals surface area contributed by atoms with Gasteiger partial charge in [-0.1, -0.05) is 24.3 Å². The Hall–Kier alpha value is -3.64. The number of thiocarbonyl (C=S) groups is 1. The molecule has 0 unspecified atom stereocenters. The molecule has 31 heavy (non-hydrogen) atoms. The lowest BCUT2D eigenvalue weighted by atomic mass is 10.0. The quantitative estimate of drug-likeness (QED) is 0.434. The maximum absolute atomic E-state index is 5.95. The molecular formula is C25H22N4OS. The molecule has 0 radical (unpaired) electrons. The van der Waals surface area contributed by atoms with Crippen LogP contribution in [0.1, 0.15) is 23.5 Å². The van der Waals surface area contributed by atoms with Gasteiger partial charge in [-0.05, 0) is 72.9 Å². The molecule has 0 amide bonds. The number of para-hydroxylation sites is 1. The van der Waals surface area contributed by atoms with Crippen molar-refractivity contribution in [3.63, 3.8) is 0 Å². The van der Waals surface area contributed by atoms with Crippen molar-refractivity contribution in [2.75, 3.05) is 4.90 Å². The SMILES string of the molecule is Cn1cccc1[C@H]1[C@@H](c2ccccn2)NC(=S)N1c1ccc(Oc2ccccc2)cc1. The van der Waals surface area contributed by atoms with E-state index in [0.29, 0.717) is 5.11 Å². The standard InChI is InChI=1S/C25H22N4OS/c1-28-17-7-11-22(28)24-23(21-10-5-6-16-26-21)27-25(31)29(24)18-12-14-20(15-13-18)30-19-8-3-2-4-9-19/h2-17,23-24H,1H3,(H,27,31)/t23-,24+/m1/s1. The van der Waals surface area contributed by atoms with E-state index in [0.717, 1.165) is 28.6 Å². The van der Waals surface area contributed by atoms with Gasteiger partial charge in [-0.3, -0.25) is 4.98 Å². The molecule has 1 N–H and O–H groups in total. The Bertz CT molecular complexity index is 1180. The average Bonchev–Trinajstić information content (AvgIpc) is 3.38. The number of benzene rings is 2. The lowest BCUT2D eigenvalue weighted by Crippen LogP contribution is -2.30. The number of pyridine rings is 1. The Balaban J connectivity index is 1.49. The highest BCUT2D eigenvalue weighted by Crippen LogP contribution is 2.41. The third-order valence-corrected chi connectivity index (χ3v) is 5.79. The van der Waals surface area contributed by atoms with Crippen LogP contribution in [0.25, 0.3) is 0 Å². The number of hydrogen-bond acceptors (Lipinski definition) is 3. The van der Waals surface area contributed by atoms with Crippen molar-refractivity contribution in [2.45, 2.75) is 12.1 Å². The third kappa shape index (κ3) is 3.78. The van der Waals surface area contributed by atoms with Crippen LogP contribution in [0.3, 0.4) is 0 Å². The van der Waals surface area contributed by atoms with Gasteiger partial charge >= 0.3 is 0 Å². The second-order valence-corrected chi connectivity index (χ2v) is 7.84. The van der Waals surface area contributed by atoms with E-state index >= 15 is 0 Å². The summed E-state index contributed by atoms with van der Waals surface area (Å²) in [6.45, 7) is 0. The normalized spacial score (nSPS) is 18.1. The van der Waals surface area contributed by atoms with Crippen LogP contribution in [0.2, 0.25) is 0 Å². The van der Waals surface area contributed by atoms with E-state index in [9.17, 15) is 0 Å². The molecule has 0 aliphatic carbocycles. The lowest BCUT2D eigenvalue weighted by molar-refractivity contribution is 0.482. The molecule has 6 heteroatoms. The van der Waals surface area contributed by atoms with E-state index < -0.39 is 0 Å². The van der Waals surface area contributed by atoms with Gasteiger partial charge in [0, 0.05) is 30.8 Å². The number of ether oxygens (including phenoxy) is 1. The third-order valence-electron chi connectivity index (χ3n) is 5.48. The van der Waals surface area contributed by atoms with Crippen LogP contribution in [0.4, 0.5) is 5.69 Å². The summed E-state index contributed by atoms with van der Waals surface area (Å²) < 4.78 is 8.09. The molecule has 3 heterocycles. The molecule has 0 spiro atoms. The maximum Gasteiger partial charge on any atom is 0.174 e. The Morgan fingerprint density at radius 1 is 0.871 bits per heavy atom. The highest BCUT2D eigenvalue weighted by Gasteiger charge is 2.41. The first kappa shape index (κ1) is 19.3. The summed E-state index contributed by atoms with van der Waals surface area (Å²) in [7, 11) is 2.06. The summed E-state index contributed by atoms with van der Waals surface area (Å²) in [5.74, 6) is 1.59. The first-order chi connectivity index (χ1) is 15.2. The highest BCUT2D eigenvalue weighted by molar-refractivity contribution is 7.80. The Kier molecular flexibility index (Phi) is 5.14. The van der Waals surface area contributed by atoms with Crippen molar-refractivity contribution in [2.24, 2.45) is 7.05 Å². The largest absolute Gasteiger partial charge is 0.457 e. The fourth-order valence-corrected chi connectivity index (χ4v) is 4.36. The number of hydrogen-bond donors (Lipinski definition) is 1. The van der Waals surface area contributed by atoms with E-state index in [2.05, 4.69) is 45.1 Å². The Morgan fingerprint density at radius 3 is 2.29 bits per heavy atom. The number of anilines is 1. The second-order valence-electron chi connectivity index (χ2n) is 7.45. The summed E-state index contributed by atoms with van der Waals surface area (Å²) in [5.41, 5.74) is 3.12. The van der Waals surface area contributed by atoms with Gasteiger partial charge in [0.05, 0.1) is 11.7 Å². The predicted octanol–water partition coefficient (Wildman–Crippen LogP) is 5.39. The van der Waals surface area contributed by atoms with Crippen LogP contribution >= 0.6 is 12.2 Å². The van der Waals surface area contributed by atoms with Gasteiger partial charge in [-0.2, -0.15) is 0 Å². The minimum absolute atomic E-state index is 0.0247. The van der Waals surface area contributed by atoms with Crippen molar-refractivity contribution in [1.29, 1.82) is 0 Å². The summed E-state index contributed by atoms with van der Waals surface area (Å²) in [4.78, 5) is 6.76. The van der Waals surface area contributed by atoms with Gasteiger partial charge < -0.3 is 19.5 Å². The molecule has 1 fully saturated rings. The fraction of sp³-hybridized carbons (Fsp3) is 0.120. The summed E-state index contributed by atoms with van der Waals surface area (Å²) >= 11 is 5.78.